The molecule has 128 valence electrons. The van der Waals surface area contributed by atoms with Gasteiger partial charge in [-0.3, -0.25) is 4.79 Å². The Morgan fingerprint density at radius 1 is 0.960 bits per heavy atom. The number of nitrogens with one attached hydrogen (secondary N) is 1. The first-order valence-electron chi connectivity index (χ1n) is 7.86. The van der Waals surface area contributed by atoms with Crippen molar-refractivity contribution in [1.82, 2.24) is 5.32 Å². The lowest BCUT2D eigenvalue weighted by atomic mass is 10.1. The van der Waals surface area contributed by atoms with Crippen LogP contribution in [0.25, 0.3) is 10.8 Å². The van der Waals surface area contributed by atoms with E-state index in [9.17, 15) is 4.79 Å². The predicted molar refractivity (Wildman–Crippen MR) is 99.3 cm³/mol. The Bertz CT molecular complexity index is 878. The fourth-order valence-electron chi connectivity index (χ4n) is 2.44. The van der Waals surface area contributed by atoms with Crippen LogP contribution >= 0.6 is 11.6 Å². The molecule has 0 heterocycles. The van der Waals surface area contributed by atoms with E-state index < -0.39 is 0 Å². The molecule has 3 rings (SSSR count). The van der Waals surface area contributed by atoms with E-state index in [2.05, 4.69) is 11.4 Å². The average Bonchev–Trinajstić information content (AvgIpc) is 2.65. The highest BCUT2D eigenvalue weighted by Crippen LogP contribution is 2.21. The van der Waals surface area contributed by atoms with Gasteiger partial charge < -0.3 is 14.8 Å². The second-order valence-electron chi connectivity index (χ2n) is 5.57. The Hall–Kier alpha value is -2.72. The first-order chi connectivity index (χ1) is 12.1. The molecule has 0 unspecified atom stereocenters. The van der Waals surface area contributed by atoms with Gasteiger partial charge in [0.05, 0.1) is 7.11 Å². The Labute approximate surface area is 151 Å². The molecule has 0 bridgehead atoms. The number of rotatable bonds is 6. The molecule has 1 N–H and O–H groups in total. The molecule has 5 heteroatoms. The van der Waals surface area contributed by atoms with E-state index in [-0.39, 0.29) is 12.5 Å². The normalized spacial score (nSPS) is 10.5. The summed E-state index contributed by atoms with van der Waals surface area (Å²) in [6, 6.07) is 18.9. The molecule has 4 nitrogen and oxygen atoms in total. The molecule has 0 fully saturated rings. The van der Waals surface area contributed by atoms with Crippen LogP contribution in [0.5, 0.6) is 11.5 Å². The first kappa shape index (κ1) is 17.1. The van der Waals surface area contributed by atoms with Gasteiger partial charge in [-0.15, -0.1) is 0 Å². The van der Waals surface area contributed by atoms with Gasteiger partial charge in [0.1, 0.15) is 11.5 Å². The summed E-state index contributed by atoms with van der Waals surface area (Å²) in [5.74, 6) is 1.26. The Morgan fingerprint density at radius 2 is 1.64 bits per heavy atom. The minimum absolute atomic E-state index is 0.0353. The molecule has 25 heavy (non-hydrogen) atoms. The molecule has 3 aromatic rings. The van der Waals surface area contributed by atoms with E-state index in [1.807, 2.05) is 30.3 Å². The number of hydrogen-bond acceptors (Lipinski definition) is 3. The molecule has 0 spiro atoms. The third-order valence-corrected chi connectivity index (χ3v) is 4.04. The highest BCUT2D eigenvalue weighted by molar-refractivity contribution is 6.30. The van der Waals surface area contributed by atoms with Crippen molar-refractivity contribution in [3.8, 4) is 11.5 Å². The van der Waals surface area contributed by atoms with Gasteiger partial charge in [0.2, 0.25) is 0 Å². The summed E-state index contributed by atoms with van der Waals surface area (Å²) in [4.78, 5) is 11.9. The average molecular weight is 356 g/mol. The fourth-order valence-corrected chi connectivity index (χ4v) is 2.57. The second kappa shape index (κ2) is 7.90. The molecular weight excluding hydrogens is 338 g/mol. The number of carbonyl (C=O) groups is 1. The maximum atomic E-state index is 11.9. The van der Waals surface area contributed by atoms with E-state index in [4.69, 9.17) is 21.1 Å². The zero-order chi connectivity index (χ0) is 17.6. The molecule has 0 radical (unpaired) electrons. The van der Waals surface area contributed by atoms with Gasteiger partial charge in [-0.1, -0.05) is 29.8 Å². The molecule has 0 atom stereocenters. The van der Waals surface area contributed by atoms with Crippen molar-refractivity contribution in [2.24, 2.45) is 0 Å². The highest BCUT2D eigenvalue weighted by atomic mass is 35.5. The molecule has 0 aliphatic carbocycles. The van der Waals surface area contributed by atoms with Gasteiger partial charge in [0.15, 0.2) is 6.61 Å². The van der Waals surface area contributed by atoms with Gasteiger partial charge in [0.25, 0.3) is 5.91 Å². The van der Waals surface area contributed by atoms with Gasteiger partial charge in [-0.05, 0) is 58.8 Å². The fraction of sp³-hybridized carbons (Fsp3) is 0.150. The number of halogens is 1. The lowest BCUT2D eigenvalue weighted by Gasteiger charge is -2.09. The minimum atomic E-state index is -0.176. The van der Waals surface area contributed by atoms with Gasteiger partial charge in [-0.25, -0.2) is 0 Å². The minimum Gasteiger partial charge on any atom is -0.497 e. The number of amides is 1. The standard InChI is InChI=1S/C20H18ClNO3/c1-24-19-7-4-15-10-14(2-3-16(15)11-19)12-22-20(23)13-25-18-8-5-17(21)6-9-18/h2-11H,12-13H2,1H3,(H,22,23). The summed E-state index contributed by atoms with van der Waals surface area (Å²) in [5.41, 5.74) is 1.03. The van der Waals surface area contributed by atoms with Crippen molar-refractivity contribution in [3.05, 3.63) is 71.2 Å². The van der Waals surface area contributed by atoms with Gasteiger partial charge in [0, 0.05) is 11.6 Å². The molecule has 0 saturated carbocycles. The molecule has 1 amide bonds. The lowest BCUT2D eigenvalue weighted by Crippen LogP contribution is -2.28. The SMILES string of the molecule is COc1ccc2cc(CNC(=O)COc3ccc(Cl)cc3)ccc2c1. The van der Waals surface area contributed by atoms with Crippen LogP contribution in [0.3, 0.4) is 0 Å². The lowest BCUT2D eigenvalue weighted by molar-refractivity contribution is -0.123. The summed E-state index contributed by atoms with van der Waals surface area (Å²) in [6.07, 6.45) is 0. The maximum absolute atomic E-state index is 11.9. The van der Waals surface area contributed by atoms with Crippen LogP contribution in [0, 0.1) is 0 Å². The van der Waals surface area contributed by atoms with Crippen molar-refractivity contribution in [2.75, 3.05) is 13.7 Å². The summed E-state index contributed by atoms with van der Waals surface area (Å²) >= 11 is 5.81. The summed E-state index contributed by atoms with van der Waals surface area (Å²) < 4.78 is 10.6. The van der Waals surface area contributed by atoms with E-state index in [1.165, 1.54) is 0 Å². The monoisotopic (exact) mass is 355 g/mol. The van der Waals surface area contributed by atoms with Gasteiger partial charge in [-0.2, -0.15) is 0 Å². The smallest absolute Gasteiger partial charge is 0.258 e. The Morgan fingerprint density at radius 3 is 2.40 bits per heavy atom. The predicted octanol–water partition coefficient (Wildman–Crippen LogP) is 4.20. The third kappa shape index (κ3) is 4.64. The molecule has 0 aliphatic rings. The van der Waals surface area contributed by atoms with Crippen molar-refractivity contribution in [2.45, 2.75) is 6.54 Å². The second-order valence-corrected chi connectivity index (χ2v) is 6.00. The molecule has 3 aromatic carbocycles. The number of methoxy groups -OCH3 is 1. The molecule has 0 aromatic heterocycles. The van der Waals surface area contributed by atoms with Crippen molar-refractivity contribution < 1.29 is 14.3 Å². The van der Waals surface area contributed by atoms with Crippen LogP contribution in [0.1, 0.15) is 5.56 Å². The Balaban J connectivity index is 1.54. The maximum Gasteiger partial charge on any atom is 0.258 e. The number of hydrogen-bond donors (Lipinski definition) is 1. The number of carbonyl (C=O) groups excluding carboxylic acids is 1. The van der Waals surface area contributed by atoms with Crippen LogP contribution in [0.2, 0.25) is 5.02 Å². The first-order valence-corrected chi connectivity index (χ1v) is 8.23. The van der Waals surface area contributed by atoms with Crippen molar-refractivity contribution >= 4 is 28.3 Å². The quantitative estimate of drug-likeness (QED) is 0.721. The number of fused-ring (bicyclic) bond motifs is 1. The van der Waals surface area contributed by atoms with Crippen LogP contribution in [-0.4, -0.2) is 19.6 Å². The van der Waals surface area contributed by atoms with E-state index in [1.54, 1.807) is 31.4 Å². The largest absolute Gasteiger partial charge is 0.497 e. The zero-order valence-corrected chi connectivity index (χ0v) is 14.5. The van der Waals surface area contributed by atoms with Crippen LogP contribution < -0.4 is 14.8 Å². The number of ether oxygens (including phenoxy) is 2. The van der Waals surface area contributed by atoms with Crippen LogP contribution in [0.15, 0.2) is 60.7 Å². The van der Waals surface area contributed by atoms with Crippen molar-refractivity contribution in [3.63, 3.8) is 0 Å². The third-order valence-electron chi connectivity index (χ3n) is 3.79. The molecular formula is C20H18ClNO3. The zero-order valence-electron chi connectivity index (χ0n) is 13.8. The number of benzene rings is 3. The summed E-state index contributed by atoms with van der Waals surface area (Å²) in [6.45, 7) is 0.414. The Kier molecular flexibility index (Phi) is 5.41. The van der Waals surface area contributed by atoms with Crippen LogP contribution in [-0.2, 0) is 11.3 Å². The van der Waals surface area contributed by atoms with E-state index >= 15 is 0 Å². The van der Waals surface area contributed by atoms with Gasteiger partial charge >= 0.3 is 0 Å². The molecule has 0 saturated heterocycles. The highest BCUT2D eigenvalue weighted by Gasteiger charge is 2.04. The summed E-state index contributed by atoms with van der Waals surface area (Å²) in [7, 11) is 1.65. The topological polar surface area (TPSA) is 47.6 Å². The van der Waals surface area contributed by atoms with Crippen molar-refractivity contribution in [1.29, 1.82) is 0 Å². The summed E-state index contributed by atoms with van der Waals surface area (Å²) in [5, 5.41) is 5.68. The molecule has 0 aliphatic heterocycles. The van der Waals surface area contributed by atoms with E-state index in [0.717, 1.165) is 22.1 Å². The van der Waals surface area contributed by atoms with Crippen LogP contribution in [0.4, 0.5) is 0 Å². The van der Waals surface area contributed by atoms with E-state index in [0.29, 0.717) is 17.3 Å².